The number of hydrogen-bond donors (Lipinski definition) is 0. The standard InChI is InChI=1S/C22H17ClN6O3/c1-2-31-15-7-5-6-14(10-15)21-25-20(32-27-21)12-28-22(30)19-11-18(26-29(19)13-24-28)16-8-3-4-9-17(16)23/h3-11,13H,2,12H2,1H3. The monoisotopic (exact) mass is 448 g/mol. The van der Waals surface area contributed by atoms with E-state index in [1.54, 1.807) is 12.1 Å². The molecule has 0 atom stereocenters. The van der Waals surface area contributed by atoms with Crippen LogP contribution < -0.4 is 10.3 Å². The molecule has 0 saturated heterocycles. The average Bonchev–Trinajstić information content (AvgIpc) is 3.44. The maximum atomic E-state index is 13.0. The van der Waals surface area contributed by atoms with Gasteiger partial charge in [0.05, 0.1) is 17.3 Å². The van der Waals surface area contributed by atoms with Gasteiger partial charge in [-0.25, -0.2) is 9.20 Å². The summed E-state index contributed by atoms with van der Waals surface area (Å²) in [5, 5.41) is 13.2. The van der Waals surface area contributed by atoms with E-state index >= 15 is 0 Å². The number of rotatable bonds is 6. The Bertz CT molecular complexity index is 1470. The van der Waals surface area contributed by atoms with Crippen molar-refractivity contribution in [3.05, 3.63) is 82.2 Å². The number of benzene rings is 2. The highest BCUT2D eigenvalue weighted by Gasteiger charge is 2.15. The summed E-state index contributed by atoms with van der Waals surface area (Å²) in [7, 11) is 0. The first-order valence-electron chi connectivity index (χ1n) is 9.88. The Morgan fingerprint density at radius 2 is 2.00 bits per heavy atom. The molecule has 0 amide bonds. The molecule has 0 saturated carbocycles. The van der Waals surface area contributed by atoms with E-state index < -0.39 is 0 Å². The Morgan fingerprint density at radius 3 is 2.84 bits per heavy atom. The molecule has 10 heteroatoms. The van der Waals surface area contributed by atoms with Gasteiger partial charge in [0.15, 0.2) is 0 Å². The predicted octanol–water partition coefficient (Wildman–Crippen LogP) is 3.71. The molecular formula is C22H17ClN6O3. The van der Waals surface area contributed by atoms with Crippen LogP contribution >= 0.6 is 11.6 Å². The highest BCUT2D eigenvalue weighted by Crippen LogP contribution is 2.26. The molecule has 3 aromatic heterocycles. The maximum absolute atomic E-state index is 13.0. The van der Waals surface area contributed by atoms with Crippen LogP contribution in [0.15, 0.2) is 70.2 Å². The number of halogens is 1. The molecule has 32 heavy (non-hydrogen) atoms. The summed E-state index contributed by atoms with van der Waals surface area (Å²) in [4.78, 5) is 17.3. The van der Waals surface area contributed by atoms with Crippen molar-refractivity contribution in [2.24, 2.45) is 0 Å². The van der Waals surface area contributed by atoms with E-state index in [4.69, 9.17) is 20.9 Å². The summed E-state index contributed by atoms with van der Waals surface area (Å²) >= 11 is 6.26. The molecule has 0 unspecified atom stereocenters. The number of fused-ring (bicyclic) bond motifs is 1. The molecule has 0 radical (unpaired) electrons. The van der Waals surface area contributed by atoms with E-state index in [1.165, 1.54) is 15.5 Å². The van der Waals surface area contributed by atoms with Crippen molar-refractivity contribution in [3.8, 4) is 28.4 Å². The molecule has 0 spiro atoms. The summed E-state index contributed by atoms with van der Waals surface area (Å²) in [5.74, 6) is 1.38. The van der Waals surface area contributed by atoms with Crippen molar-refractivity contribution in [1.29, 1.82) is 0 Å². The van der Waals surface area contributed by atoms with E-state index in [0.29, 0.717) is 28.7 Å². The Morgan fingerprint density at radius 1 is 1.12 bits per heavy atom. The molecule has 0 N–H and O–H groups in total. The normalized spacial score (nSPS) is 11.2. The molecule has 0 bridgehead atoms. The van der Waals surface area contributed by atoms with Crippen LogP contribution in [0.5, 0.6) is 5.75 Å². The van der Waals surface area contributed by atoms with E-state index in [0.717, 1.165) is 16.9 Å². The number of ether oxygens (including phenoxy) is 1. The highest BCUT2D eigenvalue weighted by molar-refractivity contribution is 6.33. The van der Waals surface area contributed by atoms with Gasteiger partial charge in [0.2, 0.25) is 11.7 Å². The molecule has 5 aromatic rings. The van der Waals surface area contributed by atoms with Crippen molar-refractivity contribution >= 4 is 17.1 Å². The van der Waals surface area contributed by atoms with Crippen LogP contribution in [-0.4, -0.2) is 36.1 Å². The molecule has 0 aliphatic heterocycles. The zero-order valence-electron chi connectivity index (χ0n) is 17.0. The Hall–Kier alpha value is -3.98. The minimum atomic E-state index is -0.337. The first-order chi connectivity index (χ1) is 15.6. The lowest BCUT2D eigenvalue weighted by Gasteiger charge is -2.03. The molecule has 3 heterocycles. The SMILES string of the molecule is CCOc1cccc(-c2noc(Cn3ncn4nc(-c5ccccc5Cl)cc4c3=O)n2)c1. The third kappa shape index (κ3) is 3.74. The zero-order valence-corrected chi connectivity index (χ0v) is 17.7. The third-order valence-corrected chi connectivity index (χ3v) is 5.13. The van der Waals surface area contributed by atoms with Gasteiger partial charge < -0.3 is 9.26 Å². The quantitative estimate of drug-likeness (QED) is 0.390. The van der Waals surface area contributed by atoms with Crippen LogP contribution in [0.2, 0.25) is 5.02 Å². The topological polar surface area (TPSA) is 100 Å². The van der Waals surface area contributed by atoms with E-state index in [2.05, 4.69) is 20.3 Å². The largest absolute Gasteiger partial charge is 0.494 e. The Balaban J connectivity index is 1.44. The molecule has 160 valence electrons. The van der Waals surface area contributed by atoms with E-state index in [9.17, 15) is 4.79 Å². The van der Waals surface area contributed by atoms with Gasteiger partial charge in [-0.2, -0.15) is 15.2 Å². The fraction of sp³-hybridized carbons (Fsp3) is 0.136. The first-order valence-corrected chi connectivity index (χ1v) is 10.3. The fourth-order valence-corrected chi connectivity index (χ4v) is 3.54. The summed E-state index contributed by atoms with van der Waals surface area (Å²) in [6.07, 6.45) is 1.46. The molecular weight excluding hydrogens is 432 g/mol. The van der Waals surface area contributed by atoms with Gasteiger partial charge >= 0.3 is 0 Å². The summed E-state index contributed by atoms with van der Waals surface area (Å²) in [6.45, 7) is 2.50. The van der Waals surface area contributed by atoms with Crippen molar-refractivity contribution in [3.63, 3.8) is 0 Å². The molecule has 0 fully saturated rings. The van der Waals surface area contributed by atoms with Gasteiger partial charge in [-0.15, -0.1) is 0 Å². The minimum Gasteiger partial charge on any atom is -0.494 e. The summed E-state index contributed by atoms with van der Waals surface area (Å²) in [6, 6.07) is 16.4. The van der Waals surface area contributed by atoms with Gasteiger partial charge in [0.25, 0.3) is 5.56 Å². The average molecular weight is 449 g/mol. The van der Waals surface area contributed by atoms with Crippen LogP contribution in [0.4, 0.5) is 0 Å². The lowest BCUT2D eigenvalue weighted by Crippen LogP contribution is -2.25. The minimum absolute atomic E-state index is 0.0279. The van der Waals surface area contributed by atoms with Crippen LogP contribution in [0, 0.1) is 0 Å². The molecule has 0 aliphatic rings. The number of hydrogen-bond acceptors (Lipinski definition) is 7. The third-order valence-electron chi connectivity index (χ3n) is 4.80. The Labute approximate surface area is 186 Å². The van der Waals surface area contributed by atoms with Crippen LogP contribution in [0.1, 0.15) is 12.8 Å². The smallest absolute Gasteiger partial charge is 0.293 e. The van der Waals surface area contributed by atoms with Gasteiger partial charge in [-0.1, -0.05) is 47.1 Å². The van der Waals surface area contributed by atoms with Gasteiger partial charge in [0, 0.05) is 11.1 Å². The second-order valence-electron chi connectivity index (χ2n) is 6.91. The highest BCUT2D eigenvalue weighted by atomic mass is 35.5. The first kappa shape index (κ1) is 20.0. The maximum Gasteiger partial charge on any atom is 0.293 e. The van der Waals surface area contributed by atoms with Gasteiger partial charge in [-0.05, 0) is 31.2 Å². The predicted molar refractivity (Wildman–Crippen MR) is 118 cm³/mol. The molecule has 0 aliphatic carbocycles. The van der Waals surface area contributed by atoms with Crippen molar-refractivity contribution < 1.29 is 9.26 Å². The lowest BCUT2D eigenvalue weighted by molar-refractivity contribution is 0.340. The van der Waals surface area contributed by atoms with Gasteiger partial charge in [0.1, 0.15) is 24.1 Å². The van der Waals surface area contributed by atoms with Crippen LogP contribution in [0.3, 0.4) is 0 Å². The second-order valence-corrected chi connectivity index (χ2v) is 7.31. The van der Waals surface area contributed by atoms with E-state index in [1.807, 2.05) is 49.4 Å². The van der Waals surface area contributed by atoms with Crippen molar-refractivity contribution in [2.75, 3.05) is 6.61 Å². The Kier molecular flexibility index (Phi) is 5.16. The van der Waals surface area contributed by atoms with Gasteiger partial charge in [-0.3, -0.25) is 4.79 Å². The number of aromatic nitrogens is 6. The number of nitrogens with zero attached hydrogens (tertiary/aromatic N) is 6. The summed E-state index contributed by atoms with van der Waals surface area (Å²) < 4.78 is 13.5. The second kappa shape index (κ2) is 8.27. The van der Waals surface area contributed by atoms with Crippen molar-refractivity contribution in [1.82, 2.24) is 29.5 Å². The molecule has 9 nitrogen and oxygen atoms in total. The molecule has 5 rings (SSSR count). The lowest BCUT2D eigenvalue weighted by atomic mass is 10.1. The fourth-order valence-electron chi connectivity index (χ4n) is 3.31. The van der Waals surface area contributed by atoms with Crippen molar-refractivity contribution in [2.45, 2.75) is 13.5 Å². The molecule has 2 aromatic carbocycles. The zero-order chi connectivity index (χ0) is 22.1. The van der Waals surface area contributed by atoms with E-state index in [-0.39, 0.29) is 18.0 Å². The van der Waals surface area contributed by atoms with Crippen LogP contribution in [-0.2, 0) is 6.54 Å². The van der Waals surface area contributed by atoms with Crippen LogP contribution in [0.25, 0.3) is 28.2 Å². The summed E-state index contributed by atoms with van der Waals surface area (Å²) in [5.41, 5.74) is 2.10.